The third-order valence-corrected chi connectivity index (χ3v) is 2.60. The summed E-state index contributed by atoms with van der Waals surface area (Å²) in [7, 11) is 1.51. The van der Waals surface area contributed by atoms with E-state index < -0.39 is 11.7 Å². The lowest BCUT2D eigenvalue weighted by Gasteiger charge is -2.11. The van der Waals surface area contributed by atoms with Gasteiger partial charge in [-0.15, -0.1) is 0 Å². The number of carbonyl (C=O) groups is 1. The fraction of sp³-hybridized carbons (Fsp3) is 0.500. The first-order valence-electron chi connectivity index (χ1n) is 6.07. The quantitative estimate of drug-likeness (QED) is 0.596. The van der Waals surface area contributed by atoms with Crippen LogP contribution in [0, 0.1) is 0 Å². The molecule has 1 aromatic rings. The molecule has 21 heavy (non-hydrogen) atoms. The number of ether oxygens (including phenoxy) is 1. The van der Waals surface area contributed by atoms with Crippen molar-refractivity contribution in [3.63, 3.8) is 0 Å². The Bertz CT molecular complexity index is 483. The maximum atomic E-state index is 12.6. The molecule has 1 aromatic heterocycles. The van der Waals surface area contributed by atoms with Crippen LogP contribution in [0.2, 0.25) is 5.15 Å². The van der Waals surface area contributed by atoms with E-state index in [-0.39, 0.29) is 29.8 Å². The van der Waals surface area contributed by atoms with Gasteiger partial charge in [0.1, 0.15) is 11.0 Å². The average molecular weight is 326 g/mol. The Morgan fingerprint density at radius 1 is 1.38 bits per heavy atom. The van der Waals surface area contributed by atoms with Crippen LogP contribution in [-0.4, -0.2) is 37.7 Å². The van der Waals surface area contributed by atoms with E-state index >= 15 is 0 Å². The third-order valence-electron chi connectivity index (χ3n) is 2.41. The minimum atomic E-state index is -4.50. The van der Waals surface area contributed by atoms with Crippen molar-refractivity contribution >= 4 is 23.3 Å². The minimum absolute atomic E-state index is 0.0282. The molecule has 0 fully saturated rings. The lowest BCUT2D eigenvalue weighted by molar-refractivity contribution is -0.137. The van der Waals surface area contributed by atoms with E-state index in [0.29, 0.717) is 13.2 Å². The number of rotatable bonds is 7. The van der Waals surface area contributed by atoms with Gasteiger partial charge in [-0.05, 0) is 12.1 Å². The van der Waals surface area contributed by atoms with Gasteiger partial charge < -0.3 is 15.4 Å². The van der Waals surface area contributed by atoms with E-state index in [1.54, 1.807) is 0 Å². The number of alkyl halides is 3. The highest BCUT2D eigenvalue weighted by Crippen LogP contribution is 2.31. The summed E-state index contributed by atoms with van der Waals surface area (Å²) < 4.78 is 42.5. The zero-order valence-corrected chi connectivity index (χ0v) is 12.0. The SMILES string of the molecule is COCCNC(=O)CCNc1cc(C(F)(F)F)cc(Cl)n1. The lowest BCUT2D eigenvalue weighted by Crippen LogP contribution is -2.28. The first kappa shape index (κ1) is 17.5. The number of amides is 1. The summed E-state index contributed by atoms with van der Waals surface area (Å²) in [4.78, 5) is 15.1. The van der Waals surface area contributed by atoms with Gasteiger partial charge in [-0.25, -0.2) is 4.98 Å². The molecule has 0 saturated heterocycles. The molecule has 0 atom stereocenters. The third kappa shape index (κ3) is 6.63. The molecule has 0 unspecified atom stereocenters. The van der Waals surface area contributed by atoms with Gasteiger partial charge in [0.15, 0.2) is 0 Å². The van der Waals surface area contributed by atoms with E-state index in [9.17, 15) is 18.0 Å². The van der Waals surface area contributed by atoms with Crippen molar-refractivity contribution in [2.24, 2.45) is 0 Å². The monoisotopic (exact) mass is 325 g/mol. The van der Waals surface area contributed by atoms with Gasteiger partial charge in [0.25, 0.3) is 0 Å². The van der Waals surface area contributed by atoms with Crippen molar-refractivity contribution in [3.05, 3.63) is 22.8 Å². The Morgan fingerprint density at radius 2 is 2.10 bits per heavy atom. The van der Waals surface area contributed by atoms with Crippen LogP contribution in [0.25, 0.3) is 0 Å². The number of aromatic nitrogens is 1. The number of nitrogens with one attached hydrogen (secondary N) is 2. The number of hydrogen-bond donors (Lipinski definition) is 2. The molecule has 0 radical (unpaired) electrons. The molecule has 0 aliphatic heterocycles. The van der Waals surface area contributed by atoms with Crippen LogP contribution >= 0.6 is 11.6 Å². The zero-order chi connectivity index (χ0) is 15.9. The van der Waals surface area contributed by atoms with Gasteiger partial charge >= 0.3 is 6.18 Å². The topological polar surface area (TPSA) is 63.2 Å². The van der Waals surface area contributed by atoms with Gasteiger partial charge in [-0.3, -0.25) is 4.79 Å². The van der Waals surface area contributed by atoms with Crippen LogP contribution < -0.4 is 10.6 Å². The molecule has 0 aliphatic carbocycles. The Kier molecular flexibility index (Phi) is 6.70. The molecular formula is C12H15ClF3N3O2. The number of halogens is 4. The predicted octanol–water partition coefficient (Wildman–Crippen LogP) is 2.32. The van der Waals surface area contributed by atoms with Crippen molar-refractivity contribution < 1.29 is 22.7 Å². The van der Waals surface area contributed by atoms with Crippen LogP contribution in [0.1, 0.15) is 12.0 Å². The summed E-state index contributed by atoms with van der Waals surface area (Å²) in [5, 5.41) is 4.95. The summed E-state index contributed by atoms with van der Waals surface area (Å²) in [6.07, 6.45) is -4.40. The molecule has 5 nitrogen and oxygen atoms in total. The number of hydrogen-bond acceptors (Lipinski definition) is 4. The highest BCUT2D eigenvalue weighted by molar-refractivity contribution is 6.29. The first-order chi connectivity index (χ1) is 9.82. The Morgan fingerprint density at radius 3 is 2.71 bits per heavy atom. The Labute approximate surface area is 124 Å². The van der Waals surface area contributed by atoms with E-state index in [4.69, 9.17) is 16.3 Å². The molecule has 1 heterocycles. The van der Waals surface area contributed by atoms with E-state index in [1.165, 1.54) is 7.11 Å². The van der Waals surface area contributed by atoms with Gasteiger partial charge in [0.2, 0.25) is 5.91 Å². The number of pyridine rings is 1. The Balaban J connectivity index is 2.49. The molecule has 0 aromatic carbocycles. The van der Waals surface area contributed by atoms with Crippen molar-refractivity contribution in [1.82, 2.24) is 10.3 Å². The maximum absolute atomic E-state index is 12.6. The van der Waals surface area contributed by atoms with Gasteiger partial charge in [0, 0.05) is 26.6 Å². The second-order valence-electron chi connectivity index (χ2n) is 4.08. The Hall–Kier alpha value is -1.54. The summed E-state index contributed by atoms with van der Waals surface area (Å²) in [5.41, 5.74) is -0.894. The minimum Gasteiger partial charge on any atom is -0.383 e. The molecule has 2 N–H and O–H groups in total. The van der Waals surface area contributed by atoms with Crippen LogP contribution in [0.3, 0.4) is 0 Å². The van der Waals surface area contributed by atoms with Crippen LogP contribution in [0.4, 0.5) is 19.0 Å². The standard InChI is InChI=1S/C12H15ClF3N3O2/c1-21-5-4-18-11(20)2-3-17-10-7-8(12(14,15)16)6-9(13)19-10/h6-7H,2-5H2,1H3,(H,17,19)(H,18,20). The number of methoxy groups -OCH3 is 1. The number of nitrogens with zero attached hydrogens (tertiary/aromatic N) is 1. The first-order valence-corrected chi connectivity index (χ1v) is 6.45. The average Bonchev–Trinajstić information content (AvgIpc) is 2.37. The molecule has 9 heteroatoms. The van der Waals surface area contributed by atoms with E-state index in [0.717, 1.165) is 12.1 Å². The lowest BCUT2D eigenvalue weighted by atomic mass is 10.2. The summed E-state index contributed by atoms with van der Waals surface area (Å²) in [6, 6.07) is 1.58. The summed E-state index contributed by atoms with van der Waals surface area (Å²) in [6.45, 7) is 0.913. The maximum Gasteiger partial charge on any atom is 0.416 e. The summed E-state index contributed by atoms with van der Waals surface area (Å²) in [5.74, 6) is -0.267. The molecular weight excluding hydrogens is 311 g/mol. The van der Waals surface area contributed by atoms with E-state index in [1.807, 2.05) is 0 Å². The second-order valence-corrected chi connectivity index (χ2v) is 4.47. The highest BCUT2D eigenvalue weighted by atomic mass is 35.5. The zero-order valence-electron chi connectivity index (χ0n) is 11.3. The molecule has 1 rings (SSSR count). The van der Waals surface area contributed by atoms with Crippen molar-refractivity contribution in [2.45, 2.75) is 12.6 Å². The van der Waals surface area contributed by atoms with Crippen LogP contribution in [-0.2, 0) is 15.7 Å². The molecule has 1 amide bonds. The normalized spacial score (nSPS) is 11.3. The van der Waals surface area contributed by atoms with Crippen LogP contribution in [0.15, 0.2) is 12.1 Å². The fourth-order valence-electron chi connectivity index (χ4n) is 1.44. The molecule has 0 bridgehead atoms. The molecule has 0 aliphatic rings. The van der Waals surface area contributed by atoms with E-state index in [2.05, 4.69) is 15.6 Å². The number of anilines is 1. The summed E-state index contributed by atoms with van der Waals surface area (Å²) >= 11 is 5.54. The molecule has 0 saturated carbocycles. The van der Waals surface area contributed by atoms with Crippen molar-refractivity contribution in [3.8, 4) is 0 Å². The van der Waals surface area contributed by atoms with Gasteiger partial charge in [0.05, 0.1) is 12.2 Å². The number of carbonyl (C=O) groups excluding carboxylic acids is 1. The smallest absolute Gasteiger partial charge is 0.383 e. The fourth-order valence-corrected chi connectivity index (χ4v) is 1.64. The van der Waals surface area contributed by atoms with Gasteiger partial charge in [-0.2, -0.15) is 13.2 Å². The van der Waals surface area contributed by atoms with Gasteiger partial charge in [-0.1, -0.05) is 11.6 Å². The second kappa shape index (κ2) is 8.04. The highest BCUT2D eigenvalue weighted by Gasteiger charge is 2.31. The van der Waals surface area contributed by atoms with Crippen molar-refractivity contribution in [1.29, 1.82) is 0 Å². The molecule has 0 spiro atoms. The largest absolute Gasteiger partial charge is 0.416 e. The van der Waals surface area contributed by atoms with Crippen LogP contribution in [0.5, 0.6) is 0 Å². The molecule has 118 valence electrons. The predicted molar refractivity (Wildman–Crippen MR) is 72.2 cm³/mol. The van der Waals surface area contributed by atoms with Crippen molar-refractivity contribution in [2.75, 3.05) is 32.1 Å².